The van der Waals surface area contributed by atoms with E-state index in [1.165, 1.54) is 6.07 Å². The first-order valence-electron chi connectivity index (χ1n) is 4.34. The van der Waals surface area contributed by atoms with Gasteiger partial charge in [0.15, 0.2) is 0 Å². The van der Waals surface area contributed by atoms with Crippen molar-refractivity contribution in [1.82, 2.24) is 0 Å². The van der Waals surface area contributed by atoms with Gasteiger partial charge >= 0.3 is 0 Å². The van der Waals surface area contributed by atoms with Gasteiger partial charge in [-0.25, -0.2) is 4.39 Å². The summed E-state index contributed by atoms with van der Waals surface area (Å²) in [6.07, 6.45) is 1.71. The van der Waals surface area contributed by atoms with Crippen LogP contribution in [0, 0.1) is 19.7 Å². The minimum atomic E-state index is -0.195. The van der Waals surface area contributed by atoms with Crippen LogP contribution in [0.25, 0.3) is 0 Å². The van der Waals surface area contributed by atoms with Crippen molar-refractivity contribution < 1.29 is 9.18 Å². The maximum absolute atomic E-state index is 13.3. The molecular formula is C11H13FO. The number of hydrogen-bond donors (Lipinski definition) is 0. The van der Waals surface area contributed by atoms with Crippen LogP contribution in [-0.4, -0.2) is 6.29 Å². The number of benzene rings is 1. The number of halogens is 1. The summed E-state index contributed by atoms with van der Waals surface area (Å²) in [6.45, 7) is 3.73. The lowest BCUT2D eigenvalue weighted by Gasteiger charge is -2.06. The van der Waals surface area contributed by atoms with Crippen LogP contribution in [-0.2, 0) is 11.2 Å². The van der Waals surface area contributed by atoms with Gasteiger partial charge in [-0.2, -0.15) is 0 Å². The smallest absolute Gasteiger partial charge is 0.126 e. The number of carbonyl (C=O) groups is 1. The summed E-state index contributed by atoms with van der Waals surface area (Å²) in [6, 6.07) is 3.44. The zero-order chi connectivity index (χ0) is 9.84. The average Bonchev–Trinajstić information content (AvgIpc) is 2.02. The van der Waals surface area contributed by atoms with Gasteiger partial charge in [0.1, 0.15) is 12.1 Å². The van der Waals surface area contributed by atoms with Crippen molar-refractivity contribution in [3.05, 3.63) is 34.6 Å². The summed E-state index contributed by atoms with van der Waals surface area (Å²) in [5.74, 6) is -0.195. The fourth-order valence-electron chi connectivity index (χ4n) is 1.47. The Morgan fingerprint density at radius 2 is 2.08 bits per heavy atom. The third kappa shape index (κ3) is 2.38. The highest BCUT2D eigenvalue weighted by atomic mass is 19.1. The van der Waals surface area contributed by atoms with Crippen molar-refractivity contribution in [1.29, 1.82) is 0 Å². The lowest BCUT2D eigenvalue weighted by molar-refractivity contribution is -0.107. The first-order valence-corrected chi connectivity index (χ1v) is 4.34. The van der Waals surface area contributed by atoms with E-state index >= 15 is 0 Å². The molecule has 1 aromatic rings. The first-order chi connectivity index (χ1) is 6.15. The van der Waals surface area contributed by atoms with Crippen molar-refractivity contribution in [2.75, 3.05) is 0 Å². The van der Waals surface area contributed by atoms with Crippen LogP contribution < -0.4 is 0 Å². The molecule has 0 heterocycles. The molecule has 13 heavy (non-hydrogen) atoms. The highest BCUT2D eigenvalue weighted by Crippen LogP contribution is 2.16. The Morgan fingerprint density at radius 1 is 1.38 bits per heavy atom. The van der Waals surface area contributed by atoms with Gasteiger partial charge < -0.3 is 4.79 Å². The Labute approximate surface area is 77.6 Å². The Balaban J connectivity index is 2.98. The normalized spacial score (nSPS) is 10.1. The van der Waals surface area contributed by atoms with E-state index in [0.29, 0.717) is 18.4 Å². The van der Waals surface area contributed by atoms with Gasteiger partial charge in [0.2, 0.25) is 0 Å². The molecule has 0 saturated heterocycles. The Kier molecular flexibility index (Phi) is 3.18. The molecule has 0 fully saturated rings. The molecule has 0 aliphatic carbocycles. The molecule has 0 saturated carbocycles. The highest BCUT2D eigenvalue weighted by molar-refractivity contribution is 5.50. The molecule has 0 aromatic heterocycles. The lowest BCUT2D eigenvalue weighted by atomic mass is 10.0. The van der Waals surface area contributed by atoms with Crippen LogP contribution in [0.4, 0.5) is 4.39 Å². The molecule has 0 amide bonds. The molecule has 1 nitrogen and oxygen atoms in total. The summed E-state index contributed by atoms with van der Waals surface area (Å²) >= 11 is 0. The average molecular weight is 180 g/mol. The number of hydrogen-bond acceptors (Lipinski definition) is 1. The van der Waals surface area contributed by atoms with Gasteiger partial charge in [-0.1, -0.05) is 6.07 Å². The maximum atomic E-state index is 13.3. The summed E-state index contributed by atoms with van der Waals surface area (Å²) in [7, 11) is 0. The predicted octanol–water partition coefficient (Wildman–Crippen LogP) is 2.57. The van der Waals surface area contributed by atoms with Gasteiger partial charge in [-0.15, -0.1) is 0 Å². The molecule has 0 aliphatic rings. The van der Waals surface area contributed by atoms with Gasteiger partial charge in [0.05, 0.1) is 0 Å². The third-order valence-corrected chi connectivity index (χ3v) is 2.08. The van der Waals surface area contributed by atoms with Crippen LogP contribution in [0.3, 0.4) is 0 Å². The van der Waals surface area contributed by atoms with Crippen LogP contribution in [0.5, 0.6) is 0 Å². The fourth-order valence-corrected chi connectivity index (χ4v) is 1.47. The van der Waals surface area contributed by atoms with E-state index < -0.39 is 0 Å². The zero-order valence-corrected chi connectivity index (χ0v) is 7.93. The highest BCUT2D eigenvalue weighted by Gasteiger charge is 2.05. The molecule has 0 radical (unpaired) electrons. The van der Waals surface area contributed by atoms with Crippen LogP contribution in [0.15, 0.2) is 12.1 Å². The first kappa shape index (κ1) is 9.90. The monoisotopic (exact) mass is 180 g/mol. The molecule has 70 valence electrons. The van der Waals surface area contributed by atoms with Crippen LogP contribution in [0.1, 0.15) is 23.1 Å². The second-order valence-electron chi connectivity index (χ2n) is 3.25. The third-order valence-electron chi connectivity index (χ3n) is 2.08. The largest absolute Gasteiger partial charge is 0.303 e. The minimum absolute atomic E-state index is 0.195. The molecule has 2 heteroatoms. The lowest BCUT2D eigenvalue weighted by Crippen LogP contribution is -1.96. The second-order valence-corrected chi connectivity index (χ2v) is 3.25. The van der Waals surface area contributed by atoms with Gasteiger partial charge in [0, 0.05) is 6.42 Å². The Morgan fingerprint density at radius 3 is 2.62 bits per heavy atom. The van der Waals surface area contributed by atoms with Crippen molar-refractivity contribution >= 4 is 6.29 Å². The summed E-state index contributed by atoms with van der Waals surface area (Å²) < 4.78 is 13.3. The maximum Gasteiger partial charge on any atom is 0.126 e. The minimum Gasteiger partial charge on any atom is -0.303 e. The molecule has 0 unspecified atom stereocenters. The molecule has 0 spiro atoms. The van der Waals surface area contributed by atoms with E-state index in [-0.39, 0.29) is 5.82 Å². The summed E-state index contributed by atoms with van der Waals surface area (Å²) in [4.78, 5) is 10.1. The van der Waals surface area contributed by atoms with Gasteiger partial charge in [0.25, 0.3) is 0 Å². The van der Waals surface area contributed by atoms with Crippen LogP contribution >= 0.6 is 0 Å². The second kappa shape index (κ2) is 4.17. The van der Waals surface area contributed by atoms with E-state index in [4.69, 9.17) is 0 Å². The number of aryl methyl sites for hydroxylation is 2. The van der Waals surface area contributed by atoms with Crippen molar-refractivity contribution in [3.8, 4) is 0 Å². The quantitative estimate of drug-likeness (QED) is 0.653. The molecular weight excluding hydrogens is 167 g/mol. The van der Waals surface area contributed by atoms with E-state index in [1.54, 1.807) is 0 Å². The van der Waals surface area contributed by atoms with E-state index in [1.807, 2.05) is 19.9 Å². The van der Waals surface area contributed by atoms with Crippen molar-refractivity contribution in [2.45, 2.75) is 26.7 Å². The molecule has 0 atom stereocenters. The molecule has 0 N–H and O–H groups in total. The number of aldehydes is 1. The number of rotatable bonds is 3. The number of carbonyl (C=O) groups excluding carboxylic acids is 1. The van der Waals surface area contributed by atoms with Gasteiger partial charge in [-0.05, 0) is 43.0 Å². The molecule has 0 bridgehead atoms. The van der Waals surface area contributed by atoms with E-state index in [2.05, 4.69) is 0 Å². The predicted molar refractivity (Wildman–Crippen MR) is 50.3 cm³/mol. The Hall–Kier alpha value is -1.18. The summed E-state index contributed by atoms with van der Waals surface area (Å²) in [5.41, 5.74) is 2.52. The molecule has 1 rings (SSSR count). The Bertz CT molecular complexity index is 295. The molecule has 1 aromatic carbocycles. The standard InChI is InChI=1S/C11H13FO/c1-8-6-9(2)10(4-3-5-13)11(12)7-8/h5-7H,3-4H2,1-2H3. The van der Waals surface area contributed by atoms with Gasteiger partial charge in [-0.3, -0.25) is 0 Å². The van der Waals surface area contributed by atoms with Crippen molar-refractivity contribution in [3.63, 3.8) is 0 Å². The topological polar surface area (TPSA) is 17.1 Å². The fraction of sp³-hybridized carbons (Fsp3) is 0.364. The summed E-state index contributed by atoms with van der Waals surface area (Å²) in [5, 5.41) is 0. The van der Waals surface area contributed by atoms with E-state index in [9.17, 15) is 9.18 Å². The molecule has 0 aliphatic heterocycles. The SMILES string of the molecule is Cc1cc(C)c(CCC=O)c(F)c1. The van der Waals surface area contributed by atoms with Crippen LogP contribution in [0.2, 0.25) is 0 Å². The van der Waals surface area contributed by atoms with Crippen molar-refractivity contribution in [2.24, 2.45) is 0 Å². The van der Waals surface area contributed by atoms with E-state index in [0.717, 1.165) is 17.4 Å². The zero-order valence-electron chi connectivity index (χ0n) is 7.93.